The summed E-state index contributed by atoms with van der Waals surface area (Å²) < 4.78 is 29.1. The number of carbonyl (C=O) groups is 1. The second-order valence-electron chi connectivity index (χ2n) is 5.30. The second-order valence-corrected chi connectivity index (χ2v) is 5.30. The molecule has 1 rings (SSSR count). The number of alkyl halides is 2. The van der Waals surface area contributed by atoms with Crippen LogP contribution in [0.15, 0.2) is 24.3 Å². The zero-order valence-corrected chi connectivity index (χ0v) is 13.5. The standard InChI is InChI=1S/C15H22F2N2O2.ClH/c1-10(2)6-13(18)15(20)19-8-11-4-3-5-12(7-11)21-9-14(16)17;/h3-5,7,10,13-14H,6,8-9,18H2,1-2H3,(H,19,20);1H/t13-;/m0./s1. The van der Waals surface area contributed by atoms with Gasteiger partial charge in [-0.05, 0) is 30.0 Å². The lowest BCUT2D eigenvalue weighted by atomic mass is 10.0. The molecule has 126 valence electrons. The van der Waals surface area contributed by atoms with E-state index in [9.17, 15) is 13.6 Å². The quantitative estimate of drug-likeness (QED) is 0.767. The van der Waals surface area contributed by atoms with Gasteiger partial charge in [0.25, 0.3) is 6.43 Å². The Bertz CT molecular complexity index is 459. The molecule has 0 saturated carbocycles. The van der Waals surface area contributed by atoms with Crippen molar-refractivity contribution in [2.45, 2.75) is 39.3 Å². The van der Waals surface area contributed by atoms with Crippen molar-refractivity contribution in [3.8, 4) is 5.75 Å². The molecule has 0 spiro atoms. The number of nitrogens with one attached hydrogen (secondary N) is 1. The van der Waals surface area contributed by atoms with Crippen LogP contribution in [0, 0.1) is 5.92 Å². The predicted octanol–water partition coefficient (Wildman–Crippen LogP) is 2.74. The van der Waals surface area contributed by atoms with Gasteiger partial charge in [-0.1, -0.05) is 26.0 Å². The smallest absolute Gasteiger partial charge is 0.272 e. The lowest BCUT2D eigenvalue weighted by molar-refractivity contribution is -0.122. The first kappa shape index (κ1) is 20.6. The van der Waals surface area contributed by atoms with Crippen molar-refractivity contribution in [1.82, 2.24) is 5.32 Å². The van der Waals surface area contributed by atoms with Crippen LogP contribution in [0.4, 0.5) is 8.78 Å². The van der Waals surface area contributed by atoms with Crippen molar-refractivity contribution in [3.63, 3.8) is 0 Å². The molecule has 1 amide bonds. The van der Waals surface area contributed by atoms with E-state index >= 15 is 0 Å². The van der Waals surface area contributed by atoms with Gasteiger partial charge in [-0.2, -0.15) is 0 Å². The number of carbonyl (C=O) groups excluding carboxylic acids is 1. The van der Waals surface area contributed by atoms with Crippen LogP contribution in [0.3, 0.4) is 0 Å². The molecule has 1 aromatic rings. The summed E-state index contributed by atoms with van der Waals surface area (Å²) in [4.78, 5) is 11.8. The number of benzene rings is 1. The van der Waals surface area contributed by atoms with Crippen molar-refractivity contribution in [3.05, 3.63) is 29.8 Å². The summed E-state index contributed by atoms with van der Waals surface area (Å²) in [6.07, 6.45) is -1.90. The van der Waals surface area contributed by atoms with Gasteiger partial charge < -0.3 is 15.8 Å². The summed E-state index contributed by atoms with van der Waals surface area (Å²) in [5.74, 6) is 0.480. The predicted molar refractivity (Wildman–Crippen MR) is 84.5 cm³/mol. The number of halogens is 3. The highest BCUT2D eigenvalue weighted by Gasteiger charge is 2.14. The van der Waals surface area contributed by atoms with Crippen LogP contribution in [0.2, 0.25) is 0 Å². The van der Waals surface area contributed by atoms with Gasteiger partial charge in [0.15, 0.2) is 0 Å². The Morgan fingerprint density at radius 2 is 2.05 bits per heavy atom. The van der Waals surface area contributed by atoms with E-state index in [-0.39, 0.29) is 24.9 Å². The zero-order chi connectivity index (χ0) is 15.8. The van der Waals surface area contributed by atoms with Crippen LogP contribution in [0.1, 0.15) is 25.8 Å². The molecule has 0 aliphatic heterocycles. The average Bonchev–Trinajstić information content (AvgIpc) is 2.42. The molecule has 0 radical (unpaired) electrons. The van der Waals surface area contributed by atoms with Crippen LogP contribution < -0.4 is 15.8 Å². The molecule has 0 heterocycles. The third kappa shape index (κ3) is 8.14. The maximum atomic E-state index is 12.1. The molecule has 0 unspecified atom stereocenters. The number of hydrogen-bond acceptors (Lipinski definition) is 3. The Hall–Kier alpha value is -1.40. The van der Waals surface area contributed by atoms with E-state index in [0.29, 0.717) is 18.1 Å². The minimum absolute atomic E-state index is 0. The molecule has 0 fully saturated rings. The SMILES string of the molecule is CC(C)C[C@H](N)C(=O)NCc1cccc(OCC(F)F)c1.Cl. The van der Waals surface area contributed by atoms with Gasteiger partial charge in [-0.25, -0.2) is 8.78 Å². The number of amides is 1. The fraction of sp³-hybridized carbons (Fsp3) is 0.533. The van der Waals surface area contributed by atoms with E-state index in [0.717, 1.165) is 5.56 Å². The number of nitrogens with two attached hydrogens (primary N) is 1. The molecule has 0 bridgehead atoms. The van der Waals surface area contributed by atoms with E-state index in [2.05, 4.69) is 5.32 Å². The third-order valence-corrected chi connectivity index (χ3v) is 2.80. The summed E-state index contributed by atoms with van der Waals surface area (Å²) in [5.41, 5.74) is 6.54. The van der Waals surface area contributed by atoms with Gasteiger partial charge >= 0.3 is 0 Å². The maximum Gasteiger partial charge on any atom is 0.272 e. The minimum atomic E-state index is -2.51. The molecular formula is C15H23ClF2N2O2. The Balaban J connectivity index is 0.00000441. The maximum absolute atomic E-state index is 12.1. The van der Waals surface area contributed by atoms with Crippen LogP contribution in [0.5, 0.6) is 5.75 Å². The molecular weight excluding hydrogens is 314 g/mol. The first-order valence-electron chi connectivity index (χ1n) is 6.91. The Morgan fingerprint density at radius 1 is 1.36 bits per heavy atom. The number of rotatable bonds is 8. The van der Waals surface area contributed by atoms with E-state index in [4.69, 9.17) is 10.5 Å². The first-order valence-corrected chi connectivity index (χ1v) is 6.91. The molecule has 1 atom stereocenters. The van der Waals surface area contributed by atoms with Crippen molar-refractivity contribution in [2.75, 3.05) is 6.61 Å². The topological polar surface area (TPSA) is 64.4 Å². The minimum Gasteiger partial charge on any atom is -0.488 e. The summed E-state index contributed by atoms with van der Waals surface area (Å²) in [5, 5.41) is 2.73. The summed E-state index contributed by atoms with van der Waals surface area (Å²) >= 11 is 0. The van der Waals surface area contributed by atoms with Gasteiger partial charge in [0, 0.05) is 6.54 Å². The van der Waals surface area contributed by atoms with E-state index in [1.54, 1.807) is 24.3 Å². The van der Waals surface area contributed by atoms with Gasteiger partial charge in [0.05, 0.1) is 6.04 Å². The normalized spacial score (nSPS) is 12.0. The molecule has 22 heavy (non-hydrogen) atoms. The molecule has 3 N–H and O–H groups in total. The third-order valence-electron chi connectivity index (χ3n) is 2.80. The molecule has 0 saturated heterocycles. The second kappa shape index (κ2) is 10.3. The van der Waals surface area contributed by atoms with Gasteiger partial charge in [-0.3, -0.25) is 4.79 Å². The average molecular weight is 337 g/mol. The number of hydrogen-bond donors (Lipinski definition) is 2. The van der Waals surface area contributed by atoms with Crippen LogP contribution >= 0.6 is 12.4 Å². The van der Waals surface area contributed by atoms with Gasteiger partial charge in [-0.15, -0.1) is 12.4 Å². The van der Waals surface area contributed by atoms with Crippen molar-refractivity contribution in [2.24, 2.45) is 11.7 Å². The lowest BCUT2D eigenvalue weighted by Crippen LogP contribution is -2.41. The van der Waals surface area contributed by atoms with E-state index < -0.39 is 19.1 Å². The zero-order valence-electron chi connectivity index (χ0n) is 12.7. The number of ether oxygens (including phenoxy) is 1. The Labute approximate surface area is 135 Å². The molecule has 0 aromatic heterocycles. The molecule has 0 aliphatic rings. The molecule has 0 aliphatic carbocycles. The monoisotopic (exact) mass is 336 g/mol. The molecule has 1 aromatic carbocycles. The van der Waals surface area contributed by atoms with Crippen LogP contribution in [-0.4, -0.2) is 25.0 Å². The first-order chi connectivity index (χ1) is 9.88. The van der Waals surface area contributed by atoms with Crippen LogP contribution in [-0.2, 0) is 11.3 Å². The Morgan fingerprint density at radius 3 is 2.64 bits per heavy atom. The van der Waals surface area contributed by atoms with Gasteiger partial charge in [0.1, 0.15) is 12.4 Å². The van der Waals surface area contributed by atoms with E-state index in [1.165, 1.54) is 0 Å². The summed E-state index contributed by atoms with van der Waals surface area (Å²) in [7, 11) is 0. The lowest BCUT2D eigenvalue weighted by Gasteiger charge is -2.14. The highest BCUT2D eigenvalue weighted by Crippen LogP contribution is 2.14. The summed E-state index contributed by atoms with van der Waals surface area (Å²) in [6, 6.07) is 6.15. The fourth-order valence-corrected chi connectivity index (χ4v) is 1.84. The van der Waals surface area contributed by atoms with Crippen molar-refractivity contribution >= 4 is 18.3 Å². The largest absolute Gasteiger partial charge is 0.488 e. The fourth-order valence-electron chi connectivity index (χ4n) is 1.84. The van der Waals surface area contributed by atoms with Crippen molar-refractivity contribution in [1.29, 1.82) is 0 Å². The van der Waals surface area contributed by atoms with E-state index in [1.807, 2.05) is 13.8 Å². The van der Waals surface area contributed by atoms with Crippen LogP contribution in [0.25, 0.3) is 0 Å². The highest BCUT2D eigenvalue weighted by molar-refractivity contribution is 5.85. The summed E-state index contributed by atoms with van der Waals surface area (Å²) in [6.45, 7) is 3.64. The van der Waals surface area contributed by atoms with Gasteiger partial charge in [0.2, 0.25) is 5.91 Å². The Kier molecular flexibility index (Phi) is 9.69. The molecule has 4 nitrogen and oxygen atoms in total. The molecule has 7 heteroatoms. The van der Waals surface area contributed by atoms with Crippen molar-refractivity contribution < 1.29 is 18.3 Å². The highest BCUT2D eigenvalue weighted by atomic mass is 35.5.